The summed E-state index contributed by atoms with van der Waals surface area (Å²) >= 11 is 8.70. The Balaban J connectivity index is 1.53. The van der Waals surface area contributed by atoms with Crippen molar-refractivity contribution in [1.82, 2.24) is 20.3 Å². The predicted octanol–water partition coefficient (Wildman–Crippen LogP) is 5.18. The average molecular weight is 494 g/mol. The molecule has 4 aromatic rings. The zero-order valence-corrected chi connectivity index (χ0v) is 19.4. The van der Waals surface area contributed by atoms with Crippen LogP contribution in [0.1, 0.15) is 28.4 Å². The van der Waals surface area contributed by atoms with Gasteiger partial charge in [-0.1, -0.05) is 41.1 Å². The quantitative estimate of drug-likeness (QED) is 0.383. The van der Waals surface area contributed by atoms with Crippen LogP contribution in [0, 0.1) is 6.92 Å². The molecule has 0 aliphatic heterocycles. The molecule has 0 bridgehead atoms. The van der Waals surface area contributed by atoms with Crippen LogP contribution >= 0.6 is 28.1 Å². The second-order valence-corrected chi connectivity index (χ2v) is 8.41. The number of halogens is 1. The fourth-order valence-electron chi connectivity index (χ4n) is 3.14. The number of carbonyl (C=O) groups excluding carboxylic acids is 1. The zero-order chi connectivity index (χ0) is 22.0. The van der Waals surface area contributed by atoms with Gasteiger partial charge in [0.05, 0.1) is 5.69 Å². The van der Waals surface area contributed by atoms with E-state index < -0.39 is 0 Å². The number of aryl methyl sites for hydroxylation is 2. The van der Waals surface area contributed by atoms with E-state index in [2.05, 4.69) is 55.8 Å². The van der Waals surface area contributed by atoms with Gasteiger partial charge in [0.25, 0.3) is 5.91 Å². The third kappa shape index (κ3) is 4.81. The lowest BCUT2D eigenvalue weighted by Crippen LogP contribution is -2.34. The van der Waals surface area contributed by atoms with Crippen LogP contribution in [0.3, 0.4) is 0 Å². The molecule has 0 saturated heterocycles. The van der Waals surface area contributed by atoms with Crippen LogP contribution in [0.5, 0.6) is 0 Å². The van der Waals surface area contributed by atoms with E-state index in [1.165, 1.54) is 5.56 Å². The SMILES string of the molecule is CCc1ccc(-n2nc3cc(C)c(NC(=S)NC(=O)c4cccc(Br)c4)cc3n2)cc1. The fraction of sp³-hybridized carbons (Fsp3) is 0.130. The Bertz CT molecular complexity index is 1280. The lowest BCUT2D eigenvalue weighted by atomic mass is 10.2. The second kappa shape index (κ2) is 8.95. The Morgan fingerprint density at radius 3 is 2.45 bits per heavy atom. The van der Waals surface area contributed by atoms with Crippen molar-refractivity contribution in [2.75, 3.05) is 5.32 Å². The standard InChI is InChI=1S/C23H20BrN5OS/c1-3-15-7-9-18(10-8-15)29-27-20-11-14(2)19(13-21(20)28-29)25-23(31)26-22(30)16-5-4-6-17(24)12-16/h4-13H,3H2,1-2H3,(H2,25,26,30,31). The zero-order valence-electron chi connectivity index (χ0n) is 17.0. The molecule has 0 spiro atoms. The molecule has 4 rings (SSSR count). The Hall–Kier alpha value is -3.10. The highest BCUT2D eigenvalue weighted by Gasteiger charge is 2.12. The van der Waals surface area contributed by atoms with E-state index in [-0.39, 0.29) is 11.0 Å². The summed E-state index contributed by atoms with van der Waals surface area (Å²) in [5, 5.41) is 15.2. The average Bonchev–Trinajstić information content (AvgIpc) is 3.16. The molecular weight excluding hydrogens is 474 g/mol. The number of hydrogen-bond donors (Lipinski definition) is 2. The van der Waals surface area contributed by atoms with Crippen LogP contribution in [-0.4, -0.2) is 26.0 Å². The molecule has 0 atom stereocenters. The van der Waals surface area contributed by atoms with E-state index in [4.69, 9.17) is 12.2 Å². The summed E-state index contributed by atoms with van der Waals surface area (Å²) in [5.41, 5.74) is 5.90. The maximum absolute atomic E-state index is 12.4. The van der Waals surface area contributed by atoms with Crippen LogP contribution in [0.25, 0.3) is 16.7 Å². The van der Waals surface area contributed by atoms with Gasteiger partial charge in [0.2, 0.25) is 0 Å². The van der Waals surface area contributed by atoms with Gasteiger partial charge in [-0.25, -0.2) is 0 Å². The summed E-state index contributed by atoms with van der Waals surface area (Å²) in [4.78, 5) is 14.0. The lowest BCUT2D eigenvalue weighted by molar-refractivity contribution is 0.0977. The van der Waals surface area contributed by atoms with Crippen molar-refractivity contribution in [2.45, 2.75) is 20.3 Å². The summed E-state index contributed by atoms with van der Waals surface area (Å²) in [6.45, 7) is 4.08. The number of amides is 1. The minimum Gasteiger partial charge on any atom is -0.332 e. The van der Waals surface area contributed by atoms with Gasteiger partial charge < -0.3 is 5.32 Å². The van der Waals surface area contributed by atoms with Crippen LogP contribution in [-0.2, 0) is 6.42 Å². The molecule has 6 nitrogen and oxygen atoms in total. The molecule has 8 heteroatoms. The Kier molecular flexibility index (Phi) is 6.11. The molecule has 1 amide bonds. The molecule has 2 N–H and O–H groups in total. The highest BCUT2D eigenvalue weighted by molar-refractivity contribution is 9.10. The first kappa shape index (κ1) is 21.1. The smallest absolute Gasteiger partial charge is 0.257 e. The van der Waals surface area contributed by atoms with Gasteiger partial charge in [-0.05, 0) is 79.2 Å². The number of fused-ring (bicyclic) bond motifs is 1. The number of thiocarbonyl (C=S) groups is 1. The van der Waals surface area contributed by atoms with Crippen molar-refractivity contribution in [3.05, 3.63) is 81.8 Å². The number of aromatic nitrogens is 3. The van der Waals surface area contributed by atoms with Crippen LogP contribution in [0.4, 0.5) is 5.69 Å². The fourth-order valence-corrected chi connectivity index (χ4v) is 3.74. The van der Waals surface area contributed by atoms with Gasteiger partial charge in [0, 0.05) is 15.7 Å². The van der Waals surface area contributed by atoms with Crippen molar-refractivity contribution in [3.8, 4) is 5.69 Å². The van der Waals surface area contributed by atoms with E-state index in [9.17, 15) is 4.79 Å². The van der Waals surface area contributed by atoms with Crippen LogP contribution in [0.2, 0.25) is 0 Å². The van der Waals surface area contributed by atoms with Gasteiger partial charge in [-0.2, -0.15) is 4.80 Å². The third-order valence-electron chi connectivity index (χ3n) is 4.86. The first-order valence-corrected chi connectivity index (χ1v) is 11.0. The molecule has 3 aromatic carbocycles. The summed E-state index contributed by atoms with van der Waals surface area (Å²) < 4.78 is 0.827. The van der Waals surface area contributed by atoms with Gasteiger partial charge in [0.15, 0.2) is 5.11 Å². The first-order valence-electron chi connectivity index (χ1n) is 9.78. The summed E-state index contributed by atoms with van der Waals surface area (Å²) in [5.74, 6) is -0.279. The second-order valence-electron chi connectivity index (χ2n) is 7.08. The number of carbonyl (C=O) groups is 1. The van der Waals surface area contributed by atoms with Gasteiger partial charge in [0.1, 0.15) is 11.0 Å². The third-order valence-corrected chi connectivity index (χ3v) is 5.56. The molecule has 1 heterocycles. The van der Waals surface area contributed by atoms with E-state index >= 15 is 0 Å². The molecule has 0 radical (unpaired) electrons. The lowest BCUT2D eigenvalue weighted by Gasteiger charge is -2.11. The topological polar surface area (TPSA) is 71.8 Å². The van der Waals surface area contributed by atoms with E-state index in [0.29, 0.717) is 5.56 Å². The highest BCUT2D eigenvalue weighted by Crippen LogP contribution is 2.22. The molecule has 0 aliphatic rings. The van der Waals surface area contributed by atoms with Crippen molar-refractivity contribution < 1.29 is 4.79 Å². The summed E-state index contributed by atoms with van der Waals surface area (Å²) in [6, 6.07) is 19.1. The maximum Gasteiger partial charge on any atom is 0.257 e. The van der Waals surface area contributed by atoms with E-state index in [1.807, 2.05) is 37.3 Å². The summed E-state index contributed by atoms with van der Waals surface area (Å²) in [7, 11) is 0. The number of rotatable bonds is 4. The Morgan fingerprint density at radius 2 is 1.77 bits per heavy atom. The molecule has 0 saturated carbocycles. The molecule has 0 unspecified atom stereocenters. The summed E-state index contributed by atoms with van der Waals surface area (Å²) in [6.07, 6.45) is 0.987. The maximum atomic E-state index is 12.4. The van der Waals surface area contributed by atoms with Gasteiger partial charge >= 0.3 is 0 Å². The van der Waals surface area contributed by atoms with Crippen molar-refractivity contribution >= 4 is 55.9 Å². The molecule has 31 heavy (non-hydrogen) atoms. The molecule has 0 fully saturated rings. The Morgan fingerprint density at radius 1 is 1.06 bits per heavy atom. The normalized spacial score (nSPS) is 10.8. The van der Waals surface area contributed by atoms with E-state index in [0.717, 1.165) is 38.9 Å². The first-order chi connectivity index (χ1) is 14.9. The molecule has 156 valence electrons. The van der Waals surface area contributed by atoms with Crippen molar-refractivity contribution in [1.29, 1.82) is 0 Å². The highest BCUT2D eigenvalue weighted by atomic mass is 79.9. The van der Waals surface area contributed by atoms with E-state index in [1.54, 1.807) is 23.0 Å². The minimum absolute atomic E-state index is 0.218. The van der Waals surface area contributed by atoms with Crippen LogP contribution in [0.15, 0.2) is 65.1 Å². The predicted molar refractivity (Wildman–Crippen MR) is 131 cm³/mol. The largest absolute Gasteiger partial charge is 0.332 e. The number of anilines is 1. The molecule has 0 aliphatic carbocycles. The number of nitrogens with one attached hydrogen (secondary N) is 2. The monoisotopic (exact) mass is 493 g/mol. The molecular formula is C23H20BrN5OS. The molecule has 1 aromatic heterocycles. The number of benzene rings is 3. The van der Waals surface area contributed by atoms with Crippen molar-refractivity contribution in [2.24, 2.45) is 0 Å². The van der Waals surface area contributed by atoms with Gasteiger partial charge in [-0.15, -0.1) is 10.2 Å². The number of hydrogen-bond acceptors (Lipinski definition) is 4. The Labute approximate surface area is 193 Å². The number of nitrogens with zero attached hydrogens (tertiary/aromatic N) is 3. The van der Waals surface area contributed by atoms with Crippen LogP contribution < -0.4 is 10.6 Å². The van der Waals surface area contributed by atoms with Gasteiger partial charge in [-0.3, -0.25) is 10.1 Å². The van der Waals surface area contributed by atoms with Crippen molar-refractivity contribution in [3.63, 3.8) is 0 Å². The minimum atomic E-state index is -0.279.